The molecule has 0 spiro atoms. The molecule has 1 saturated heterocycles. The molecule has 0 N–H and O–H groups in total. The number of imide groups is 1. The number of hydrogen-bond acceptors (Lipinski definition) is 8. The van der Waals surface area contributed by atoms with E-state index in [4.69, 9.17) is 9.47 Å². The number of rotatable bonds is 8. The molecule has 0 saturated carbocycles. The van der Waals surface area contributed by atoms with Gasteiger partial charge < -0.3 is 9.47 Å². The largest absolute Gasteiger partial charge is 0.488 e. The molecule has 11 heteroatoms. The predicted octanol–water partition coefficient (Wildman–Crippen LogP) is 4.92. The third-order valence-electron chi connectivity index (χ3n) is 4.63. The van der Waals surface area contributed by atoms with Crippen LogP contribution in [0.25, 0.3) is 6.08 Å². The minimum atomic E-state index is -1.01. The molecular weight excluding hydrogens is 516 g/mol. The van der Waals surface area contributed by atoms with Crippen LogP contribution in [0.5, 0.6) is 5.75 Å². The Kier molecular flexibility index (Phi) is 7.88. The standard InChI is InChI=1S/C22H19BrN2O7S/c1-3-31-21(27)13(2)24-20(26)19(33-22(24)28)11-15-6-9-18(17(23)10-15)32-12-14-4-7-16(8-5-14)25(29)30/h4-11,13H,3,12H2,1-2H3/b19-11+/t13-/m1/s1. The molecule has 0 aliphatic carbocycles. The molecule has 1 atom stereocenters. The van der Waals surface area contributed by atoms with E-state index in [9.17, 15) is 24.5 Å². The topological polar surface area (TPSA) is 116 Å². The van der Waals surface area contributed by atoms with Crippen LogP contribution in [-0.2, 0) is 20.9 Å². The van der Waals surface area contributed by atoms with Gasteiger partial charge in [0.1, 0.15) is 18.4 Å². The molecule has 2 aromatic rings. The molecule has 1 heterocycles. The van der Waals surface area contributed by atoms with Crippen LogP contribution in [0.1, 0.15) is 25.0 Å². The summed E-state index contributed by atoms with van der Waals surface area (Å²) in [4.78, 5) is 48.3. The maximum absolute atomic E-state index is 12.7. The minimum Gasteiger partial charge on any atom is -0.488 e. The van der Waals surface area contributed by atoms with Crippen molar-refractivity contribution in [2.45, 2.75) is 26.5 Å². The zero-order valence-corrected chi connectivity index (χ0v) is 20.1. The van der Waals surface area contributed by atoms with Crippen molar-refractivity contribution >= 4 is 56.6 Å². The van der Waals surface area contributed by atoms with Gasteiger partial charge in [-0.3, -0.25) is 24.6 Å². The van der Waals surface area contributed by atoms with Crippen LogP contribution >= 0.6 is 27.7 Å². The number of nitrogens with zero attached hydrogens (tertiary/aromatic N) is 2. The number of carbonyl (C=O) groups is 3. The number of amides is 2. The fourth-order valence-electron chi connectivity index (χ4n) is 2.93. The lowest BCUT2D eigenvalue weighted by Gasteiger charge is -2.19. The van der Waals surface area contributed by atoms with Crippen LogP contribution < -0.4 is 4.74 Å². The van der Waals surface area contributed by atoms with Gasteiger partial charge in [0, 0.05) is 12.1 Å². The van der Waals surface area contributed by atoms with Gasteiger partial charge in [0.15, 0.2) is 0 Å². The van der Waals surface area contributed by atoms with E-state index in [0.717, 1.165) is 22.2 Å². The van der Waals surface area contributed by atoms with Gasteiger partial charge in [0.05, 0.1) is 20.9 Å². The van der Waals surface area contributed by atoms with Crippen LogP contribution in [0.3, 0.4) is 0 Å². The first-order valence-corrected chi connectivity index (χ1v) is 11.4. The number of halogens is 1. The number of nitro groups is 1. The highest BCUT2D eigenvalue weighted by molar-refractivity contribution is 9.10. The van der Waals surface area contributed by atoms with Crippen molar-refractivity contribution in [1.82, 2.24) is 4.90 Å². The van der Waals surface area contributed by atoms with Gasteiger partial charge in [-0.2, -0.15) is 0 Å². The number of thioether (sulfide) groups is 1. The number of carbonyl (C=O) groups excluding carboxylic acids is 3. The van der Waals surface area contributed by atoms with Crippen molar-refractivity contribution < 1.29 is 28.8 Å². The second-order valence-electron chi connectivity index (χ2n) is 6.88. The Balaban J connectivity index is 1.69. The molecule has 3 rings (SSSR count). The van der Waals surface area contributed by atoms with E-state index in [2.05, 4.69) is 15.9 Å². The molecule has 1 aliphatic heterocycles. The molecular formula is C22H19BrN2O7S. The fraction of sp³-hybridized carbons (Fsp3) is 0.227. The van der Waals surface area contributed by atoms with Crippen molar-refractivity contribution in [1.29, 1.82) is 0 Å². The van der Waals surface area contributed by atoms with E-state index in [1.807, 2.05) is 0 Å². The van der Waals surface area contributed by atoms with E-state index in [1.54, 1.807) is 43.3 Å². The SMILES string of the molecule is CCOC(=O)[C@@H](C)N1C(=O)S/C(=C/c2ccc(OCc3ccc([N+](=O)[O-])cc3)c(Br)c2)C1=O. The molecule has 172 valence electrons. The lowest BCUT2D eigenvalue weighted by Crippen LogP contribution is -2.42. The zero-order valence-electron chi connectivity index (χ0n) is 17.6. The van der Waals surface area contributed by atoms with E-state index in [1.165, 1.54) is 19.1 Å². The average molecular weight is 535 g/mol. The minimum absolute atomic E-state index is 0.00495. The number of esters is 1. The molecule has 0 radical (unpaired) electrons. The lowest BCUT2D eigenvalue weighted by molar-refractivity contribution is -0.384. The molecule has 0 bridgehead atoms. The van der Waals surface area contributed by atoms with Gasteiger partial charge in [-0.05, 0) is 83.0 Å². The summed E-state index contributed by atoms with van der Waals surface area (Å²) in [6, 6.07) is 10.2. The van der Waals surface area contributed by atoms with Gasteiger partial charge in [-0.1, -0.05) is 6.07 Å². The van der Waals surface area contributed by atoms with E-state index in [-0.39, 0.29) is 23.8 Å². The van der Waals surface area contributed by atoms with Gasteiger partial charge in [0.25, 0.3) is 16.8 Å². The molecule has 33 heavy (non-hydrogen) atoms. The Labute approximate surface area is 202 Å². The highest BCUT2D eigenvalue weighted by atomic mass is 79.9. The maximum atomic E-state index is 12.7. The maximum Gasteiger partial charge on any atom is 0.329 e. The molecule has 0 aromatic heterocycles. The van der Waals surface area contributed by atoms with Crippen molar-refractivity contribution in [3.63, 3.8) is 0 Å². The second-order valence-corrected chi connectivity index (χ2v) is 8.73. The molecule has 2 amide bonds. The first-order valence-electron chi connectivity index (χ1n) is 9.80. The third-order valence-corrected chi connectivity index (χ3v) is 6.14. The van der Waals surface area contributed by atoms with E-state index < -0.39 is 28.1 Å². The van der Waals surface area contributed by atoms with Gasteiger partial charge in [-0.25, -0.2) is 4.79 Å². The molecule has 2 aromatic carbocycles. The van der Waals surface area contributed by atoms with Crippen molar-refractivity contribution in [3.05, 3.63) is 73.1 Å². The third kappa shape index (κ3) is 5.79. The summed E-state index contributed by atoms with van der Waals surface area (Å²) in [6.45, 7) is 3.46. The highest BCUT2D eigenvalue weighted by Crippen LogP contribution is 2.35. The zero-order chi connectivity index (χ0) is 24.1. The highest BCUT2D eigenvalue weighted by Gasteiger charge is 2.41. The monoisotopic (exact) mass is 534 g/mol. The number of hydrogen-bond donors (Lipinski definition) is 0. The normalized spacial score (nSPS) is 15.6. The van der Waals surface area contributed by atoms with Gasteiger partial charge >= 0.3 is 5.97 Å². The van der Waals surface area contributed by atoms with Crippen LogP contribution in [0.2, 0.25) is 0 Å². The number of nitro benzene ring substituents is 1. The number of non-ortho nitro benzene ring substituents is 1. The summed E-state index contributed by atoms with van der Waals surface area (Å²) in [6.07, 6.45) is 1.56. The Bertz CT molecular complexity index is 1130. The number of ether oxygens (including phenoxy) is 2. The summed E-state index contributed by atoms with van der Waals surface area (Å²) < 4.78 is 11.3. The Hall–Kier alpha value is -3.18. The van der Waals surface area contributed by atoms with Crippen molar-refractivity contribution in [2.75, 3.05) is 6.61 Å². The second kappa shape index (κ2) is 10.6. The smallest absolute Gasteiger partial charge is 0.329 e. The van der Waals surface area contributed by atoms with Crippen LogP contribution in [0.15, 0.2) is 51.8 Å². The summed E-state index contributed by atoms with van der Waals surface area (Å²) in [5.41, 5.74) is 1.42. The molecule has 1 aliphatic rings. The van der Waals surface area contributed by atoms with Crippen LogP contribution in [0, 0.1) is 10.1 Å². The molecule has 0 unspecified atom stereocenters. The Morgan fingerprint density at radius 2 is 1.94 bits per heavy atom. The first kappa shape index (κ1) is 24.5. The summed E-state index contributed by atoms with van der Waals surface area (Å²) in [5.74, 6) is -0.659. The van der Waals surface area contributed by atoms with Gasteiger partial charge in [-0.15, -0.1) is 0 Å². The first-order chi connectivity index (χ1) is 15.7. The summed E-state index contributed by atoms with van der Waals surface area (Å²) >= 11 is 4.18. The van der Waals surface area contributed by atoms with Crippen LogP contribution in [-0.4, -0.2) is 39.6 Å². The van der Waals surface area contributed by atoms with Gasteiger partial charge in [0.2, 0.25) is 0 Å². The fourth-order valence-corrected chi connectivity index (χ4v) is 4.35. The van der Waals surface area contributed by atoms with Crippen molar-refractivity contribution in [2.24, 2.45) is 0 Å². The molecule has 1 fully saturated rings. The van der Waals surface area contributed by atoms with Crippen LogP contribution in [0.4, 0.5) is 10.5 Å². The average Bonchev–Trinajstić information content (AvgIpc) is 3.05. The number of benzene rings is 2. The lowest BCUT2D eigenvalue weighted by atomic mass is 10.2. The van der Waals surface area contributed by atoms with Crippen molar-refractivity contribution in [3.8, 4) is 5.75 Å². The van der Waals surface area contributed by atoms with E-state index >= 15 is 0 Å². The predicted molar refractivity (Wildman–Crippen MR) is 125 cm³/mol. The Morgan fingerprint density at radius 1 is 1.24 bits per heavy atom. The quantitative estimate of drug-likeness (QED) is 0.202. The molecule has 9 nitrogen and oxygen atoms in total. The van der Waals surface area contributed by atoms with E-state index in [0.29, 0.717) is 15.8 Å². The Morgan fingerprint density at radius 3 is 2.55 bits per heavy atom. The summed E-state index contributed by atoms with van der Waals surface area (Å²) in [7, 11) is 0. The summed E-state index contributed by atoms with van der Waals surface area (Å²) in [5, 5.41) is 10.2.